The molecule has 1 amide bonds. The predicted molar refractivity (Wildman–Crippen MR) is 94.8 cm³/mol. The molecule has 0 bridgehead atoms. The first-order chi connectivity index (χ1) is 11.9. The molecular weight excluding hydrogens is 342 g/mol. The molecule has 2 fully saturated rings. The van der Waals surface area contributed by atoms with Crippen molar-refractivity contribution in [2.45, 2.75) is 32.1 Å². The fourth-order valence-electron chi connectivity index (χ4n) is 3.25. The molecule has 0 unspecified atom stereocenters. The average molecular weight is 372 g/mol. The second-order valence-corrected chi connectivity index (χ2v) is 8.74. The first-order valence-electron chi connectivity index (χ1n) is 9.03. The monoisotopic (exact) mass is 371 g/mol. The van der Waals surface area contributed by atoms with Crippen LogP contribution in [0.4, 0.5) is 0 Å². The van der Waals surface area contributed by atoms with E-state index in [0.29, 0.717) is 32.7 Å². The van der Waals surface area contributed by atoms with Crippen LogP contribution in [0, 0.1) is 11.3 Å². The van der Waals surface area contributed by atoms with E-state index in [1.807, 2.05) is 15.9 Å². The minimum Gasteiger partial charge on any atom is -0.342 e. The average Bonchev–Trinajstić information content (AvgIpc) is 2.89. The maximum atomic E-state index is 12.5. The summed E-state index contributed by atoms with van der Waals surface area (Å²) in [6.45, 7) is 4.15. The van der Waals surface area contributed by atoms with Crippen molar-refractivity contribution in [3.8, 4) is 6.07 Å². The molecular formula is C16H29N5O3S. The van der Waals surface area contributed by atoms with Gasteiger partial charge < -0.3 is 4.90 Å². The molecule has 9 heteroatoms. The highest BCUT2D eigenvalue weighted by molar-refractivity contribution is 7.86. The molecule has 0 aromatic heterocycles. The van der Waals surface area contributed by atoms with Crippen molar-refractivity contribution in [1.29, 1.82) is 5.26 Å². The van der Waals surface area contributed by atoms with E-state index in [4.69, 9.17) is 5.26 Å². The van der Waals surface area contributed by atoms with Gasteiger partial charge in [-0.25, -0.2) is 0 Å². The number of hydrogen-bond acceptors (Lipinski definition) is 5. The summed E-state index contributed by atoms with van der Waals surface area (Å²) in [7, 11) is -2.02. The van der Waals surface area contributed by atoms with E-state index in [1.54, 1.807) is 0 Å². The Morgan fingerprint density at radius 2 is 1.64 bits per heavy atom. The molecule has 0 saturated carbocycles. The quantitative estimate of drug-likeness (QED) is 0.661. The van der Waals surface area contributed by atoms with Crippen molar-refractivity contribution in [2.24, 2.45) is 0 Å². The standard InChI is InChI=1S/C16H29N5O3S/c1-18(8-6-7-17)25(23,24)21-13-11-19(12-14-21)15-16(22)20-9-4-2-3-5-10-20/h2-6,8-15H2,1H3. The Bertz CT molecular complexity index is 573. The van der Waals surface area contributed by atoms with Crippen LogP contribution in [0.25, 0.3) is 0 Å². The molecule has 0 radical (unpaired) electrons. The summed E-state index contributed by atoms with van der Waals surface area (Å²) in [5, 5.41) is 8.61. The van der Waals surface area contributed by atoms with Crippen molar-refractivity contribution in [3.05, 3.63) is 0 Å². The summed E-state index contributed by atoms with van der Waals surface area (Å²) in [4.78, 5) is 16.4. The van der Waals surface area contributed by atoms with Crippen LogP contribution in [0.15, 0.2) is 0 Å². The van der Waals surface area contributed by atoms with Crippen LogP contribution in [0.2, 0.25) is 0 Å². The smallest absolute Gasteiger partial charge is 0.281 e. The lowest BCUT2D eigenvalue weighted by molar-refractivity contribution is -0.132. The molecule has 0 aliphatic carbocycles. The van der Waals surface area contributed by atoms with E-state index < -0.39 is 10.2 Å². The molecule has 0 N–H and O–H groups in total. The van der Waals surface area contributed by atoms with Gasteiger partial charge in [0.05, 0.1) is 12.6 Å². The van der Waals surface area contributed by atoms with E-state index in [-0.39, 0.29) is 18.9 Å². The van der Waals surface area contributed by atoms with Gasteiger partial charge in [-0.05, 0) is 12.8 Å². The highest BCUT2D eigenvalue weighted by Crippen LogP contribution is 2.13. The fourth-order valence-corrected chi connectivity index (χ4v) is 4.59. The van der Waals surface area contributed by atoms with Crippen LogP contribution in [-0.4, -0.2) is 92.1 Å². The third kappa shape index (κ3) is 5.64. The van der Waals surface area contributed by atoms with E-state index in [9.17, 15) is 13.2 Å². The Morgan fingerprint density at radius 3 is 2.20 bits per heavy atom. The van der Waals surface area contributed by atoms with Gasteiger partial charge in [-0.15, -0.1) is 0 Å². The summed E-state index contributed by atoms with van der Waals surface area (Å²) in [5.74, 6) is 0.157. The molecule has 142 valence electrons. The summed E-state index contributed by atoms with van der Waals surface area (Å²) < 4.78 is 27.6. The van der Waals surface area contributed by atoms with E-state index >= 15 is 0 Å². The highest BCUT2D eigenvalue weighted by atomic mass is 32.2. The van der Waals surface area contributed by atoms with E-state index in [2.05, 4.69) is 0 Å². The maximum absolute atomic E-state index is 12.5. The molecule has 2 rings (SSSR count). The van der Waals surface area contributed by atoms with Gasteiger partial charge in [0.25, 0.3) is 10.2 Å². The minimum atomic E-state index is -3.52. The molecule has 0 aromatic carbocycles. The van der Waals surface area contributed by atoms with Gasteiger partial charge in [-0.3, -0.25) is 9.69 Å². The molecule has 2 aliphatic heterocycles. The Hall–Kier alpha value is -1.21. The Balaban J connectivity index is 1.80. The SMILES string of the molecule is CN(CCC#N)S(=O)(=O)N1CCN(CC(=O)N2CCCCCC2)CC1. The van der Waals surface area contributed by atoms with Crippen LogP contribution in [-0.2, 0) is 15.0 Å². The van der Waals surface area contributed by atoms with Gasteiger partial charge in [0.1, 0.15) is 0 Å². The molecule has 2 aliphatic rings. The van der Waals surface area contributed by atoms with Gasteiger partial charge >= 0.3 is 0 Å². The fraction of sp³-hybridized carbons (Fsp3) is 0.875. The number of carbonyl (C=O) groups excluding carboxylic acids is 1. The molecule has 2 saturated heterocycles. The minimum absolute atomic E-state index is 0.157. The van der Waals surface area contributed by atoms with Crippen molar-refractivity contribution < 1.29 is 13.2 Å². The first-order valence-corrected chi connectivity index (χ1v) is 10.4. The largest absolute Gasteiger partial charge is 0.342 e. The summed E-state index contributed by atoms with van der Waals surface area (Å²) in [6, 6.07) is 1.96. The molecule has 0 spiro atoms. The van der Waals surface area contributed by atoms with E-state index in [1.165, 1.54) is 28.5 Å². The van der Waals surface area contributed by atoms with E-state index in [0.717, 1.165) is 25.9 Å². The number of nitrogens with zero attached hydrogens (tertiary/aromatic N) is 5. The number of nitriles is 1. The summed E-state index contributed by atoms with van der Waals surface area (Å²) in [6.07, 6.45) is 4.72. The summed E-state index contributed by atoms with van der Waals surface area (Å²) in [5.41, 5.74) is 0. The van der Waals surface area contributed by atoms with Gasteiger partial charge in [0.15, 0.2) is 0 Å². The number of rotatable bonds is 6. The van der Waals surface area contributed by atoms with Crippen LogP contribution >= 0.6 is 0 Å². The second-order valence-electron chi connectivity index (χ2n) is 6.71. The van der Waals surface area contributed by atoms with Gasteiger partial charge in [0, 0.05) is 59.3 Å². The normalized spacial score (nSPS) is 21.1. The molecule has 25 heavy (non-hydrogen) atoms. The van der Waals surface area contributed by atoms with Crippen molar-refractivity contribution >= 4 is 16.1 Å². The zero-order chi connectivity index (χ0) is 18.3. The topological polar surface area (TPSA) is 88.0 Å². The zero-order valence-corrected chi connectivity index (χ0v) is 15.9. The molecule has 0 aromatic rings. The first kappa shape index (κ1) is 20.1. The van der Waals surface area contributed by atoms with Gasteiger partial charge in [0.2, 0.25) is 5.91 Å². The predicted octanol–water partition coefficient (Wildman–Crippen LogP) is 0.0969. The zero-order valence-electron chi connectivity index (χ0n) is 15.1. The lowest BCUT2D eigenvalue weighted by atomic mass is 10.2. The number of carbonyl (C=O) groups is 1. The lowest BCUT2D eigenvalue weighted by Gasteiger charge is -2.36. The van der Waals surface area contributed by atoms with Crippen LogP contribution < -0.4 is 0 Å². The Morgan fingerprint density at radius 1 is 1.04 bits per heavy atom. The second kappa shape index (κ2) is 9.48. The lowest BCUT2D eigenvalue weighted by Crippen LogP contribution is -2.54. The molecule has 8 nitrogen and oxygen atoms in total. The Kier molecular flexibility index (Phi) is 7.62. The van der Waals surface area contributed by atoms with Crippen molar-refractivity contribution in [1.82, 2.24) is 18.4 Å². The number of likely N-dealkylation sites (tertiary alicyclic amines) is 1. The number of piperazine rings is 1. The van der Waals surface area contributed by atoms with Crippen molar-refractivity contribution in [3.63, 3.8) is 0 Å². The van der Waals surface area contributed by atoms with Gasteiger partial charge in [-0.1, -0.05) is 12.8 Å². The highest BCUT2D eigenvalue weighted by Gasteiger charge is 2.31. The number of amides is 1. The summed E-state index contributed by atoms with van der Waals surface area (Å²) >= 11 is 0. The van der Waals surface area contributed by atoms with Gasteiger partial charge in [-0.2, -0.15) is 22.3 Å². The van der Waals surface area contributed by atoms with Crippen LogP contribution in [0.5, 0.6) is 0 Å². The third-order valence-corrected chi connectivity index (χ3v) is 6.90. The molecule has 2 heterocycles. The third-order valence-electron chi connectivity index (χ3n) is 4.91. The van der Waals surface area contributed by atoms with Crippen molar-refractivity contribution in [2.75, 3.05) is 59.4 Å². The van der Waals surface area contributed by atoms with Crippen LogP contribution in [0.1, 0.15) is 32.1 Å². The maximum Gasteiger partial charge on any atom is 0.281 e. The van der Waals surface area contributed by atoms with Crippen LogP contribution in [0.3, 0.4) is 0 Å². The molecule has 0 atom stereocenters. The number of hydrogen-bond donors (Lipinski definition) is 0. The Labute approximate surface area is 151 Å².